The van der Waals surface area contributed by atoms with Crippen LogP contribution in [0.5, 0.6) is 5.75 Å². The Hall–Kier alpha value is -2.65. The lowest BCUT2D eigenvalue weighted by Gasteiger charge is -2.05. The van der Waals surface area contributed by atoms with Crippen LogP contribution in [-0.4, -0.2) is 24.2 Å². The summed E-state index contributed by atoms with van der Waals surface area (Å²) in [5.41, 5.74) is 1.39. The van der Waals surface area contributed by atoms with Gasteiger partial charge in [0.1, 0.15) is 22.4 Å². The van der Waals surface area contributed by atoms with Gasteiger partial charge < -0.3 is 9.47 Å². The lowest BCUT2D eigenvalue weighted by atomic mass is 10.2. The number of esters is 1. The fourth-order valence-corrected chi connectivity index (χ4v) is 2.58. The number of hydrogen-bond donors (Lipinski definition) is 0. The molecule has 0 saturated heterocycles. The van der Waals surface area contributed by atoms with Gasteiger partial charge in [-0.25, -0.2) is 9.78 Å². The first kappa shape index (κ1) is 16.7. The van der Waals surface area contributed by atoms with Crippen molar-refractivity contribution in [3.8, 4) is 22.4 Å². The van der Waals surface area contributed by atoms with Crippen molar-refractivity contribution < 1.29 is 14.3 Å². The van der Waals surface area contributed by atoms with E-state index in [0.29, 0.717) is 5.69 Å². The molecule has 23 heavy (non-hydrogen) atoms. The van der Waals surface area contributed by atoms with E-state index >= 15 is 0 Å². The van der Waals surface area contributed by atoms with Gasteiger partial charge in [-0.05, 0) is 32.1 Å². The minimum Gasteiger partial charge on any atom is -0.497 e. The molecule has 1 heterocycles. The molecule has 0 aliphatic carbocycles. The summed E-state index contributed by atoms with van der Waals surface area (Å²) in [6, 6.07) is 9.39. The number of benzene rings is 1. The zero-order valence-electron chi connectivity index (χ0n) is 13.1. The minimum absolute atomic E-state index is 0.0683. The van der Waals surface area contributed by atoms with E-state index in [0.717, 1.165) is 16.3 Å². The molecule has 1 aromatic carbocycles. The highest BCUT2D eigenvalue weighted by atomic mass is 32.1. The first-order valence-corrected chi connectivity index (χ1v) is 7.84. The first-order chi connectivity index (χ1) is 11.0. The Morgan fingerprint density at radius 3 is 2.87 bits per heavy atom. The molecular weight excluding hydrogens is 312 g/mol. The summed E-state index contributed by atoms with van der Waals surface area (Å²) in [5, 5.41) is 11.7. The van der Waals surface area contributed by atoms with Gasteiger partial charge in [-0.3, -0.25) is 0 Å². The highest BCUT2D eigenvalue weighted by molar-refractivity contribution is 7.13. The van der Waals surface area contributed by atoms with Crippen LogP contribution >= 0.6 is 11.3 Å². The van der Waals surface area contributed by atoms with Crippen LogP contribution < -0.4 is 4.74 Å². The van der Waals surface area contributed by atoms with Crippen molar-refractivity contribution in [2.75, 3.05) is 7.11 Å². The maximum Gasteiger partial charge on any atom is 0.349 e. The molecule has 0 atom stereocenters. The number of methoxy groups -OCH3 is 1. The van der Waals surface area contributed by atoms with Crippen LogP contribution in [0.3, 0.4) is 0 Å². The van der Waals surface area contributed by atoms with E-state index in [4.69, 9.17) is 14.7 Å². The van der Waals surface area contributed by atoms with Gasteiger partial charge >= 0.3 is 5.97 Å². The molecule has 6 heteroatoms. The number of thiazole rings is 1. The summed E-state index contributed by atoms with van der Waals surface area (Å²) in [7, 11) is 1.61. The summed E-state index contributed by atoms with van der Waals surface area (Å²) in [5.74, 6) is 0.103. The molecule has 118 valence electrons. The third-order valence-corrected chi connectivity index (χ3v) is 3.72. The Morgan fingerprint density at radius 1 is 1.43 bits per heavy atom. The van der Waals surface area contributed by atoms with Gasteiger partial charge in [-0.15, -0.1) is 11.3 Å². The maximum atomic E-state index is 11.8. The standard InChI is InChI=1S/C17H16N2O3S/c1-11(2)22-17(20)13(9-18)7-14-10-23-16(19-14)12-5-4-6-15(8-12)21-3/h4-8,10-11H,1-3H3. The summed E-state index contributed by atoms with van der Waals surface area (Å²) < 4.78 is 10.2. The summed E-state index contributed by atoms with van der Waals surface area (Å²) in [6.07, 6.45) is 1.16. The Morgan fingerprint density at radius 2 is 2.22 bits per heavy atom. The molecule has 0 aliphatic rings. The number of hydrogen-bond acceptors (Lipinski definition) is 6. The predicted molar refractivity (Wildman–Crippen MR) is 88.9 cm³/mol. The van der Waals surface area contributed by atoms with Crippen molar-refractivity contribution in [3.05, 3.63) is 40.9 Å². The Bertz CT molecular complexity index is 772. The van der Waals surface area contributed by atoms with Crippen molar-refractivity contribution in [1.82, 2.24) is 4.98 Å². The Balaban J connectivity index is 2.25. The largest absolute Gasteiger partial charge is 0.497 e. The van der Waals surface area contributed by atoms with E-state index in [-0.39, 0.29) is 11.7 Å². The average molecular weight is 328 g/mol. The molecule has 0 amide bonds. The second-order valence-corrected chi connectivity index (χ2v) is 5.79. The molecule has 0 fully saturated rings. The van der Waals surface area contributed by atoms with E-state index in [1.807, 2.05) is 30.3 Å². The topological polar surface area (TPSA) is 72.2 Å². The van der Waals surface area contributed by atoms with Crippen molar-refractivity contribution in [3.63, 3.8) is 0 Å². The second-order valence-electron chi connectivity index (χ2n) is 4.93. The number of ether oxygens (including phenoxy) is 2. The van der Waals surface area contributed by atoms with Crippen molar-refractivity contribution in [1.29, 1.82) is 5.26 Å². The summed E-state index contributed by atoms with van der Waals surface area (Å²) in [6.45, 7) is 3.47. The van der Waals surface area contributed by atoms with Gasteiger partial charge in [-0.1, -0.05) is 12.1 Å². The zero-order valence-corrected chi connectivity index (χ0v) is 13.9. The van der Waals surface area contributed by atoms with E-state index < -0.39 is 5.97 Å². The van der Waals surface area contributed by atoms with E-state index in [1.165, 1.54) is 17.4 Å². The van der Waals surface area contributed by atoms with Crippen molar-refractivity contribution >= 4 is 23.4 Å². The fraction of sp³-hybridized carbons (Fsp3) is 0.235. The van der Waals surface area contributed by atoms with Crippen LogP contribution in [-0.2, 0) is 9.53 Å². The second kappa shape index (κ2) is 7.56. The van der Waals surface area contributed by atoms with E-state index in [1.54, 1.807) is 26.3 Å². The summed E-state index contributed by atoms with van der Waals surface area (Å²) in [4.78, 5) is 16.2. The predicted octanol–water partition coefficient (Wildman–Crippen LogP) is 3.68. The number of nitriles is 1. The molecule has 0 radical (unpaired) electrons. The van der Waals surface area contributed by atoms with Crippen LogP contribution in [0.4, 0.5) is 0 Å². The molecule has 0 spiro atoms. The van der Waals surface area contributed by atoms with Crippen molar-refractivity contribution in [2.45, 2.75) is 20.0 Å². The molecule has 0 N–H and O–H groups in total. The third-order valence-electron chi connectivity index (χ3n) is 2.81. The number of carbonyl (C=O) groups is 1. The molecule has 0 saturated carbocycles. The van der Waals surface area contributed by atoms with Gasteiger partial charge in [-0.2, -0.15) is 5.26 Å². The molecule has 0 unspecified atom stereocenters. The molecule has 2 aromatic rings. The molecule has 0 aliphatic heterocycles. The van der Waals surface area contributed by atoms with Gasteiger partial charge in [0.15, 0.2) is 0 Å². The number of rotatable bonds is 5. The molecule has 1 aromatic heterocycles. The Kier molecular flexibility index (Phi) is 5.50. The fourth-order valence-electron chi connectivity index (χ4n) is 1.80. The van der Waals surface area contributed by atoms with Gasteiger partial charge in [0.05, 0.1) is 18.9 Å². The van der Waals surface area contributed by atoms with Gasteiger partial charge in [0.25, 0.3) is 0 Å². The molecule has 2 rings (SSSR count). The van der Waals surface area contributed by atoms with Gasteiger partial charge in [0, 0.05) is 10.9 Å². The molecular formula is C17H16N2O3S. The van der Waals surface area contributed by atoms with E-state index in [2.05, 4.69) is 4.98 Å². The maximum absolute atomic E-state index is 11.8. The number of aromatic nitrogens is 1. The Labute approximate surface area is 138 Å². The lowest BCUT2D eigenvalue weighted by molar-refractivity contribution is -0.142. The lowest BCUT2D eigenvalue weighted by Crippen LogP contribution is -2.12. The summed E-state index contributed by atoms with van der Waals surface area (Å²) >= 11 is 1.43. The third kappa shape index (κ3) is 4.41. The quantitative estimate of drug-likeness (QED) is 0.475. The smallest absolute Gasteiger partial charge is 0.349 e. The van der Waals surface area contributed by atoms with Crippen LogP contribution in [0.15, 0.2) is 35.2 Å². The highest BCUT2D eigenvalue weighted by Gasteiger charge is 2.13. The number of nitrogens with zero attached hydrogens (tertiary/aromatic N) is 2. The molecule has 5 nitrogen and oxygen atoms in total. The van der Waals surface area contributed by atoms with Crippen molar-refractivity contribution in [2.24, 2.45) is 0 Å². The zero-order chi connectivity index (χ0) is 16.8. The van der Waals surface area contributed by atoms with Crippen LogP contribution in [0, 0.1) is 11.3 Å². The van der Waals surface area contributed by atoms with Crippen LogP contribution in [0.2, 0.25) is 0 Å². The van der Waals surface area contributed by atoms with Crippen LogP contribution in [0.1, 0.15) is 19.5 Å². The first-order valence-electron chi connectivity index (χ1n) is 6.96. The van der Waals surface area contributed by atoms with Crippen LogP contribution in [0.25, 0.3) is 16.6 Å². The van der Waals surface area contributed by atoms with Gasteiger partial charge in [0.2, 0.25) is 0 Å². The molecule has 0 bridgehead atoms. The van der Waals surface area contributed by atoms with E-state index in [9.17, 15) is 4.79 Å². The minimum atomic E-state index is -0.640. The average Bonchev–Trinajstić information content (AvgIpc) is 3.00. The monoisotopic (exact) mass is 328 g/mol. The number of carbonyl (C=O) groups excluding carboxylic acids is 1. The highest BCUT2D eigenvalue weighted by Crippen LogP contribution is 2.27. The SMILES string of the molecule is COc1cccc(-c2nc(C=C(C#N)C(=O)OC(C)C)cs2)c1. The normalized spacial score (nSPS) is 11.2.